The van der Waals surface area contributed by atoms with Gasteiger partial charge in [-0.2, -0.15) is 0 Å². The van der Waals surface area contributed by atoms with Crippen LogP contribution in [0.5, 0.6) is 5.75 Å². The van der Waals surface area contributed by atoms with Crippen molar-refractivity contribution in [2.24, 2.45) is 0 Å². The van der Waals surface area contributed by atoms with Crippen molar-refractivity contribution in [3.63, 3.8) is 0 Å². The predicted octanol–water partition coefficient (Wildman–Crippen LogP) is 6.95. The highest BCUT2D eigenvalue weighted by atomic mass is 32.1. The van der Waals surface area contributed by atoms with Gasteiger partial charge in [-0.3, -0.25) is 9.69 Å². The molecule has 1 aliphatic heterocycles. The second-order valence-corrected chi connectivity index (χ2v) is 11.3. The fourth-order valence-corrected chi connectivity index (χ4v) is 6.52. The number of hydrogen-bond acceptors (Lipinski definition) is 5. The molecule has 0 radical (unpaired) electrons. The zero-order chi connectivity index (χ0) is 26.4. The van der Waals surface area contributed by atoms with E-state index in [1.54, 1.807) is 6.92 Å². The summed E-state index contributed by atoms with van der Waals surface area (Å²) in [4.78, 5) is 17.1. The highest BCUT2D eigenvalue weighted by Gasteiger charge is 2.37. The zero-order valence-corrected chi connectivity index (χ0v) is 23.1. The van der Waals surface area contributed by atoms with Gasteiger partial charge in [0.05, 0.1) is 18.9 Å². The van der Waals surface area contributed by atoms with Crippen LogP contribution in [0.3, 0.4) is 0 Å². The Balaban J connectivity index is 1.11. The lowest BCUT2D eigenvalue weighted by Gasteiger charge is -2.39. The second-order valence-electron chi connectivity index (χ2n) is 10.0. The molecule has 3 aromatic rings. The first-order valence-electron chi connectivity index (χ1n) is 13.5. The third-order valence-electron chi connectivity index (χ3n) is 7.58. The maximum Gasteiger partial charge on any atom is 0.307 e. The van der Waals surface area contributed by atoms with Crippen LogP contribution in [-0.4, -0.2) is 30.6 Å². The summed E-state index contributed by atoms with van der Waals surface area (Å²) in [5, 5.41) is 0. The van der Waals surface area contributed by atoms with Gasteiger partial charge in [0.15, 0.2) is 0 Å². The number of benzene rings is 2. The highest BCUT2D eigenvalue weighted by molar-refractivity contribution is 7.11. The SMILES string of the molecule is CC#C[C@@H](CC(=O)OCC)c1ccc(OCc2ccc(CN3CCC4(C=Cc5ccccc54)CC3)s2)cc1. The fraction of sp³-hybridized carbons (Fsp3) is 0.364. The largest absolute Gasteiger partial charge is 0.488 e. The number of carbonyl (C=O) groups is 1. The molecule has 2 heterocycles. The molecule has 196 valence electrons. The number of ether oxygens (including phenoxy) is 2. The first kappa shape index (κ1) is 26.3. The summed E-state index contributed by atoms with van der Waals surface area (Å²) in [6, 6.07) is 21.2. The number of hydrogen-bond donors (Lipinski definition) is 0. The molecular formula is C33H35NO3S. The van der Waals surface area contributed by atoms with E-state index in [0.717, 1.165) is 30.9 Å². The molecule has 2 aromatic carbocycles. The summed E-state index contributed by atoms with van der Waals surface area (Å²) in [6.45, 7) is 7.78. The highest BCUT2D eigenvalue weighted by Crippen LogP contribution is 2.43. The number of carbonyl (C=O) groups excluding carboxylic acids is 1. The van der Waals surface area contributed by atoms with Crippen molar-refractivity contribution in [1.82, 2.24) is 4.90 Å². The first-order valence-corrected chi connectivity index (χ1v) is 14.3. The molecular weight excluding hydrogens is 490 g/mol. The van der Waals surface area contributed by atoms with Crippen LogP contribution in [-0.2, 0) is 28.1 Å². The Morgan fingerprint density at radius 2 is 1.82 bits per heavy atom. The zero-order valence-electron chi connectivity index (χ0n) is 22.2. The average Bonchev–Trinajstić information content (AvgIpc) is 3.54. The quantitative estimate of drug-likeness (QED) is 0.224. The molecule has 1 spiro atoms. The number of fused-ring (bicyclic) bond motifs is 2. The van der Waals surface area contributed by atoms with Gasteiger partial charge < -0.3 is 9.47 Å². The summed E-state index contributed by atoms with van der Waals surface area (Å²) in [5.41, 5.74) is 4.14. The Labute approximate surface area is 230 Å². The summed E-state index contributed by atoms with van der Waals surface area (Å²) in [6.07, 6.45) is 7.38. The Kier molecular flexibility index (Phi) is 8.32. The van der Waals surface area contributed by atoms with Crippen molar-refractivity contribution in [3.05, 3.63) is 93.2 Å². The normalized spacial score (nSPS) is 16.5. The molecule has 1 fully saturated rings. The van der Waals surface area contributed by atoms with Gasteiger partial charge in [-0.15, -0.1) is 17.3 Å². The van der Waals surface area contributed by atoms with Crippen molar-refractivity contribution >= 4 is 23.4 Å². The smallest absolute Gasteiger partial charge is 0.307 e. The minimum absolute atomic E-state index is 0.169. The van der Waals surface area contributed by atoms with Crippen molar-refractivity contribution in [2.75, 3.05) is 19.7 Å². The van der Waals surface area contributed by atoms with Crippen molar-refractivity contribution in [2.45, 2.75) is 57.6 Å². The number of esters is 1. The van der Waals surface area contributed by atoms with E-state index in [0.29, 0.717) is 13.2 Å². The van der Waals surface area contributed by atoms with Crippen LogP contribution in [0, 0.1) is 11.8 Å². The third-order valence-corrected chi connectivity index (χ3v) is 8.63. The van der Waals surface area contributed by atoms with E-state index in [9.17, 15) is 4.79 Å². The van der Waals surface area contributed by atoms with Crippen LogP contribution in [0.2, 0.25) is 0 Å². The van der Waals surface area contributed by atoms with Crippen LogP contribution < -0.4 is 4.74 Å². The van der Waals surface area contributed by atoms with Crippen LogP contribution in [0.25, 0.3) is 6.08 Å². The lowest BCUT2D eigenvalue weighted by atomic mass is 9.74. The van der Waals surface area contributed by atoms with Crippen LogP contribution in [0.1, 0.15) is 65.5 Å². The molecule has 0 bridgehead atoms. The first-order chi connectivity index (χ1) is 18.6. The summed E-state index contributed by atoms with van der Waals surface area (Å²) >= 11 is 1.83. The maximum atomic E-state index is 11.9. The molecule has 0 amide bonds. The Bertz CT molecular complexity index is 1340. The van der Waals surface area contributed by atoms with Crippen molar-refractivity contribution in [1.29, 1.82) is 0 Å². The molecule has 1 aromatic heterocycles. The van der Waals surface area contributed by atoms with E-state index in [1.165, 1.54) is 33.7 Å². The number of likely N-dealkylation sites (tertiary alicyclic amines) is 1. The summed E-state index contributed by atoms with van der Waals surface area (Å²) in [5.74, 6) is 6.47. The summed E-state index contributed by atoms with van der Waals surface area (Å²) < 4.78 is 11.2. The van der Waals surface area contributed by atoms with Gasteiger partial charge in [-0.25, -0.2) is 0 Å². The number of rotatable bonds is 9. The van der Waals surface area contributed by atoms with Gasteiger partial charge in [0.25, 0.3) is 0 Å². The predicted molar refractivity (Wildman–Crippen MR) is 154 cm³/mol. The van der Waals surface area contributed by atoms with E-state index < -0.39 is 0 Å². The second kappa shape index (κ2) is 12.0. The van der Waals surface area contributed by atoms with E-state index in [-0.39, 0.29) is 23.7 Å². The Morgan fingerprint density at radius 3 is 2.58 bits per heavy atom. The van der Waals surface area contributed by atoms with E-state index in [4.69, 9.17) is 9.47 Å². The van der Waals surface area contributed by atoms with E-state index in [2.05, 4.69) is 65.3 Å². The third kappa shape index (κ3) is 6.04. The molecule has 0 unspecified atom stereocenters. The number of thiophene rings is 1. The van der Waals surface area contributed by atoms with Gasteiger partial charge in [0.1, 0.15) is 12.4 Å². The van der Waals surface area contributed by atoms with Crippen LogP contribution in [0.4, 0.5) is 0 Å². The molecule has 1 saturated heterocycles. The number of piperidine rings is 1. The molecule has 5 rings (SSSR count). The van der Waals surface area contributed by atoms with E-state index in [1.807, 2.05) is 42.5 Å². The molecule has 1 aliphatic carbocycles. The molecule has 0 saturated carbocycles. The van der Waals surface area contributed by atoms with Gasteiger partial charge in [0.2, 0.25) is 0 Å². The summed E-state index contributed by atoms with van der Waals surface area (Å²) in [7, 11) is 0. The minimum Gasteiger partial charge on any atom is -0.488 e. The lowest BCUT2D eigenvalue weighted by molar-refractivity contribution is -0.143. The van der Waals surface area contributed by atoms with Gasteiger partial charge in [0, 0.05) is 21.7 Å². The van der Waals surface area contributed by atoms with Crippen LogP contribution >= 0.6 is 11.3 Å². The number of allylic oxidation sites excluding steroid dienone is 1. The minimum atomic E-state index is -0.223. The fourth-order valence-electron chi connectivity index (χ4n) is 5.55. The molecule has 38 heavy (non-hydrogen) atoms. The van der Waals surface area contributed by atoms with Crippen LogP contribution in [0.15, 0.2) is 66.7 Å². The van der Waals surface area contributed by atoms with Gasteiger partial charge >= 0.3 is 5.97 Å². The van der Waals surface area contributed by atoms with Crippen molar-refractivity contribution < 1.29 is 14.3 Å². The molecule has 4 nitrogen and oxygen atoms in total. The molecule has 5 heteroatoms. The van der Waals surface area contributed by atoms with E-state index >= 15 is 0 Å². The monoisotopic (exact) mass is 525 g/mol. The average molecular weight is 526 g/mol. The Morgan fingerprint density at radius 1 is 1.05 bits per heavy atom. The Hall–Kier alpha value is -3.33. The molecule has 0 N–H and O–H groups in total. The van der Waals surface area contributed by atoms with Gasteiger partial charge in [-0.05, 0) is 80.7 Å². The lowest BCUT2D eigenvalue weighted by Crippen LogP contribution is -2.40. The molecule has 2 aliphatic rings. The number of nitrogens with zero attached hydrogens (tertiary/aromatic N) is 1. The standard InChI is InChI=1S/C33H35NO3S/c1-3-7-27(22-32(35)36-4-2)25-10-12-28(13-11-25)37-24-30-15-14-29(38-30)23-34-20-18-33(19-21-34)17-16-26-8-5-6-9-31(26)33/h5-6,8-17,27H,4,18-24H2,1-2H3/t27-/m0/s1. The molecule has 1 atom stereocenters. The maximum absolute atomic E-state index is 11.9. The van der Waals surface area contributed by atoms with Crippen molar-refractivity contribution in [3.8, 4) is 17.6 Å². The van der Waals surface area contributed by atoms with Gasteiger partial charge in [-0.1, -0.05) is 54.5 Å². The topological polar surface area (TPSA) is 38.8 Å².